The van der Waals surface area contributed by atoms with Crippen LogP contribution >= 0.6 is 38.5 Å². The molecule has 0 saturated carbocycles. The van der Waals surface area contributed by atoms with Gasteiger partial charge in [-0.2, -0.15) is 10.3 Å². The molecule has 0 saturated heterocycles. The quantitative estimate of drug-likeness (QED) is 0.355. The molecule has 2 rings (SSSR count). The minimum absolute atomic E-state index is 0.154. The third-order valence-electron chi connectivity index (χ3n) is 3.02. The van der Waals surface area contributed by atoms with Gasteiger partial charge in [0.1, 0.15) is 11.4 Å². The number of ether oxygens (including phenoxy) is 2. The maximum Gasteiger partial charge on any atom is 0.361 e. The number of rotatable bonds is 7. The van der Waals surface area contributed by atoms with E-state index >= 15 is 0 Å². The highest BCUT2D eigenvalue weighted by Crippen LogP contribution is 2.37. The molecule has 0 aliphatic heterocycles. The van der Waals surface area contributed by atoms with Gasteiger partial charge in [0.05, 0.1) is 16.8 Å². The highest BCUT2D eigenvalue weighted by atomic mass is 127. The predicted molar refractivity (Wildman–Crippen MR) is 98.6 cm³/mol. The first-order valence-corrected chi connectivity index (χ1v) is 9.15. The molecule has 0 aliphatic rings. The molecule has 0 unspecified atom stereocenters. The van der Waals surface area contributed by atoms with Gasteiger partial charge in [-0.05, 0) is 48.1 Å². The van der Waals surface area contributed by atoms with Crippen LogP contribution in [0.15, 0.2) is 16.6 Å². The number of aromatic nitrogens is 3. The van der Waals surface area contributed by atoms with Crippen molar-refractivity contribution in [3.05, 3.63) is 25.9 Å². The first kappa shape index (κ1) is 18.2. The molecule has 8 heteroatoms. The Morgan fingerprint density at radius 1 is 1.35 bits per heavy atom. The van der Waals surface area contributed by atoms with Crippen LogP contribution in [0.2, 0.25) is 0 Å². The molecule has 1 aromatic heterocycles. The molecule has 0 bridgehead atoms. The van der Waals surface area contributed by atoms with Crippen molar-refractivity contribution in [2.24, 2.45) is 0 Å². The summed E-state index contributed by atoms with van der Waals surface area (Å²) in [7, 11) is 0. The van der Waals surface area contributed by atoms with Gasteiger partial charge in [0, 0.05) is 10.0 Å². The maximum absolute atomic E-state index is 12.0. The van der Waals surface area contributed by atoms with Crippen LogP contribution < -0.4 is 4.74 Å². The van der Waals surface area contributed by atoms with Crippen LogP contribution in [0.25, 0.3) is 11.3 Å². The summed E-state index contributed by atoms with van der Waals surface area (Å²) in [5.41, 5.74) is 1.28. The highest BCUT2D eigenvalue weighted by molar-refractivity contribution is 14.1. The van der Waals surface area contributed by atoms with E-state index in [-0.39, 0.29) is 12.3 Å². The lowest BCUT2D eigenvalue weighted by atomic mass is 10.1. The van der Waals surface area contributed by atoms with E-state index in [1.165, 1.54) is 0 Å². The normalized spacial score (nSPS) is 10.6. The summed E-state index contributed by atoms with van der Waals surface area (Å²) in [6.45, 7) is 4.74. The monoisotopic (exact) mass is 493 g/mol. The van der Waals surface area contributed by atoms with Gasteiger partial charge in [-0.3, -0.25) is 0 Å². The molecule has 0 aliphatic carbocycles. The molecule has 23 heavy (non-hydrogen) atoms. The predicted octanol–water partition coefficient (Wildman–Crippen LogP) is 4.19. The zero-order valence-corrected chi connectivity index (χ0v) is 16.6. The zero-order valence-electron chi connectivity index (χ0n) is 12.9. The first-order valence-electron chi connectivity index (χ1n) is 7.28. The average Bonchev–Trinajstić information content (AvgIpc) is 2.98. The van der Waals surface area contributed by atoms with Crippen LogP contribution in [0.5, 0.6) is 5.75 Å². The Morgan fingerprint density at radius 2 is 2.13 bits per heavy atom. The van der Waals surface area contributed by atoms with Crippen molar-refractivity contribution in [3.63, 3.8) is 0 Å². The SMILES string of the molecule is CCCCOc1c(I)cc(Br)cc1-c1n[nH]nc1C(=O)OCC. The Labute approximate surface area is 156 Å². The number of H-pyrrole nitrogens is 1. The van der Waals surface area contributed by atoms with Crippen LogP contribution in [-0.4, -0.2) is 34.6 Å². The second-order valence-corrected chi connectivity index (χ2v) is 6.79. The molecule has 2 aromatic rings. The Morgan fingerprint density at radius 3 is 2.83 bits per heavy atom. The number of carbonyl (C=O) groups excluding carboxylic acids is 1. The summed E-state index contributed by atoms with van der Waals surface area (Å²) in [6.07, 6.45) is 2.00. The van der Waals surface area contributed by atoms with Gasteiger partial charge in [-0.1, -0.05) is 29.3 Å². The number of halogens is 2. The van der Waals surface area contributed by atoms with Crippen LogP contribution in [0, 0.1) is 3.57 Å². The molecule has 0 amide bonds. The molecule has 124 valence electrons. The fraction of sp³-hybridized carbons (Fsp3) is 0.400. The summed E-state index contributed by atoms with van der Waals surface area (Å²) in [6, 6.07) is 3.82. The van der Waals surface area contributed by atoms with E-state index in [0.29, 0.717) is 23.6 Å². The summed E-state index contributed by atoms with van der Waals surface area (Å²) < 4.78 is 12.8. The molecule has 1 N–H and O–H groups in total. The number of unbranched alkanes of at least 4 members (excludes halogenated alkanes) is 1. The van der Waals surface area contributed by atoms with E-state index in [1.807, 2.05) is 12.1 Å². The zero-order chi connectivity index (χ0) is 16.8. The van der Waals surface area contributed by atoms with Crippen LogP contribution in [0.4, 0.5) is 0 Å². The number of hydrogen-bond acceptors (Lipinski definition) is 5. The van der Waals surface area contributed by atoms with Gasteiger partial charge in [0.2, 0.25) is 0 Å². The van der Waals surface area contributed by atoms with E-state index in [1.54, 1.807) is 6.92 Å². The number of nitrogens with zero attached hydrogens (tertiary/aromatic N) is 2. The second kappa shape index (κ2) is 8.62. The van der Waals surface area contributed by atoms with Gasteiger partial charge < -0.3 is 9.47 Å². The Bertz CT molecular complexity index is 691. The van der Waals surface area contributed by atoms with E-state index in [9.17, 15) is 4.79 Å². The molecular weight excluding hydrogens is 477 g/mol. The van der Waals surface area contributed by atoms with Crippen molar-refractivity contribution in [2.45, 2.75) is 26.7 Å². The fourth-order valence-electron chi connectivity index (χ4n) is 1.96. The van der Waals surface area contributed by atoms with Crippen molar-refractivity contribution < 1.29 is 14.3 Å². The smallest absolute Gasteiger partial charge is 0.361 e. The Balaban J connectivity index is 2.46. The summed E-state index contributed by atoms with van der Waals surface area (Å²) in [5, 5.41) is 10.5. The molecule has 6 nitrogen and oxygen atoms in total. The summed E-state index contributed by atoms with van der Waals surface area (Å²) in [4.78, 5) is 12.0. The highest BCUT2D eigenvalue weighted by Gasteiger charge is 2.23. The number of aromatic amines is 1. The van der Waals surface area contributed by atoms with Crippen LogP contribution in [0.3, 0.4) is 0 Å². The van der Waals surface area contributed by atoms with Crippen LogP contribution in [0.1, 0.15) is 37.2 Å². The summed E-state index contributed by atoms with van der Waals surface area (Å²) >= 11 is 5.68. The molecule has 1 aromatic carbocycles. The standard InChI is InChI=1S/C15H17BrIN3O3/c1-3-5-6-23-14-10(7-9(16)8-11(14)17)12-13(19-20-18-12)15(21)22-4-2/h7-8H,3-6H2,1-2H3,(H,18,19,20). The lowest BCUT2D eigenvalue weighted by Crippen LogP contribution is -2.08. The number of esters is 1. The summed E-state index contributed by atoms with van der Waals surface area (Å²) in [5.74, 6) is 0.187. The third kappa shape index (κ3) is 4.43. The largest absolute Gasteiger partial charge is 0.492 e. The molecule has 0 atom stereocenters. The van der Waals surface area contributed by atoms with Gasteiger partial charge >= 0.3 is 5.97 Å². The Hall–Kier alpha value is -1.16. The first-order chi connectivity index (χ1) is 11.1. The molecule has 1 heterocycles. The number of nitrogens with one attached hydrogen (secondary N) is 1. The second-order valence-electron chi connectivity index (χ2n) is 4.71. The van der Waals surface area contributed by atoms with Crippen molar-refractivity contribution in [1.29, 1.82) is 0 Å². The minimum Gasteiger partial charge on any atom is -0.492 e. The molecular formula is C15H17BrIN3O3. The van der Waals surface area contributed by atoms with Gasteiger partial charge in [-0.15, -0.1) is 5.10 Å². The minimum atomic E-state index is -0.509. The van der Waals surface area contributed by atoms with Gasteiger partial charge in [-0.25, -0.2) is 4.79 Å². The number of carbonyl (C=O) groups is 1. The van der Waals surface area contributed by atoms with E-state index in [2.05, 4.69) is 60.9 Å². The maximum atomic E-state index is 12.0. The van der Waals surface area contributed by atoms with Crippen LogP contribution in [-0.2, 0) is 4.74 Å². The van der Waals surface area contributed by atoms with Crippen molar-refractivity contribution in [1.82, 2.24) is 15.4 Å². The van der Waals surface area contributed by atoms with Crippen molar-refractivity contribution >= 4 is 44.5 Å². The fourth-order valence-corrected chi connectivity index (χ4v) is 3.63. The topological polar surface area (TPSA) is 77.1 Å². The average molecular weight is 494 g/mol. The number of hydrogen-bond donors (Lipinski definition) is 1. The molecule has 0 fully saturated rings. The number of benzene rings is 1. The lowest BCUT2D eigenvalue weighted by Gasteiger charge is -2.13. The van der Waals surface area contributed by atoms with E-state index in [4.69, 9.17) is 9.47 Å². The van der Waals surface area contributed by atoms with Gasteiger partial charge in [0.25, 0.3) is 0 Å². The van der Waals surface area contributed by atoms with Crippen molar-refractivity contribution in [3.8, 4) is 17.0 Å². The Kier molecular flexibility index (Phi) is 6.82. The van der Waals surface area contributed by atoms with Crippen molar-refractivity contribution in [2.75, 3.05) is 13.2 Å². The third-order valence-corrected chi connectivity index (χ3v) is 4.28. The van der Waals surface area contributed by atoms with E-state index < -0.39 is 5.97 Å². The molecule has 0 spiro atoms. The molecule has 0 radical (unpaired) electrons. The van der Waals surface area contributed by atoms with Gasteiger partial charge in [0.15, 0.2) is 5.69 Å². The van der Waals surface area contributed by atoms with E-state index in [0.717, 1.165) is 20.9 Å². The lowest BCUT2D eigenvalue weighted by molar-refractivity contribution is 0.0520.